The fourth-order valence-electron chi connectivity index (χ4n) is 1.35. The summed E-state index contributed by atoms with van der Waals surface area (Å²) >= 11 is 0. The maximum Gasteiger partial charge on any atom is 0.302 e. The quantitative estimate of drug-likeness (QED) is 0.546. The van der Waals surface area contributed by atoms with Gasteiger partial charge >= 0.3 is 11.9 Å². The van der Waals surface area contributed by atoms with Crippen LogP contribution in [0.1, 0.15) is 13.8 Å². The SMILES string of the molecule is CC(=O)OC[Si](C)(COC(C)=O)O[Si](C)(C)C. The van der Waals surface area contributed by atoms with Crippen molar-refractivity contribution in [1.82, 2.24) is 0 Å². The molecule has 0 aliphatic heterocycles. The molecule has 17 heavy (non-hydrogen) atoms. The maximum atomic E-state index is 10.8. The van der Waals surface area contributed by atoms with Gasteiger partial charge in [-0.2, -0.15) is 0 Å². The summed E-state index contributed by atoms with van der Waals surface area (Å²) in [6, 6.07) is 0. The van der Waals surface area contributed by atoms with Gasteiger partial charge in [-0.15, -0.1) is 0 Å². The monoisotopic (exact) mass is 278 g/mol. The molecular weight excluding hydrogens is 256 g/mol. The first kappa shape index (κ1) is 16.3. The zero-order valence-corrected chi connectivity index (χ0v) is 13.5. The van der Waals surface area contributed by atoms with Crippen LogP contribution >= 0.6 is 0 Å². The standard InChI is InChI=1S/C10H22O5Si2/c1-9(11)13-7-17(6,8-14-10(2)12)15-16(3,4)5/h7-8H2,1-6H3. The molecule has 0 N–H and O–H groups in total. The van der Waals surface area contributed by atoms with E-state index in [9.17, 15) is 9.59 Å². The van der Waals surface area contributed by atoms with Gasteiger partial charge in [-0.05, 0) is 26.2 Å². The Kier molecular flexibility index (Phi) is 6.07. The Hall–Kier alpha value is -0.666. The smallest absolute Gasteiger partial charge is 0.302 e. The molecule has 0 aliphatic rings. The molecule has 0 heterocycles. The van der Waals surface area contributed by atoms with Crippen LogP contribution in [0.2, 0.25) is 26.2 Å². The molecule has 0 rings (SSSR count). The van der Waals surface area contributed by atoms with Crippen LogP contribution in [0.4, 0.5) is 0 Å². The molecule has 0 spiro atoms. The lowest BCUT2D eigenvalue weighted by Crippen LogP contribution is -2.53. The zero-order valence-electron chi connectivity index (χ0n) is 11.5. The number of ether oxygens (including phenoxy) is 2. The number of hydrogen-bond donors (Lipinski definition) is 0. The molecule has 0 unspecified atom stereocenters. The fourth-order valence-corrected chi connectivity index (χ4v) is 8.83. The van der Waals surface area contributed by atoms with E-state index in [2.05, 4.69) is 19.6 Å². The minimum absolute atomic E-state index is 0.222. The van der Waals surface area contributed by atoms with Crippen LogP contribution in [-0.2, 0) is 23.2 Å². The van der Waals surface area contributed by atoms with Gasteiger partial charge in [-0.1, -0.05) is 0 Å². The van der Waals surface area contributed by atoms with Gasteiger partial charge in [0, 0.05) is 13.8 Å². The predicted octanol–water partition coefficient (Wildman–Crippen LogP) is 1.62. The number of hydrogen-bond acceptors (Lipinski definition) is 5. The summed E-state index contributed by atoms with van der Waals surface area (Å²) in [6.45, 7) is 10.8. The third-order valence-corrected chi connectivity index (χ3v) is 7.64. The van der Waals surface area contributed by atoms with Crippen molar-refractivity contribution in [3.05, 3.63) is 0 Å². The van der Waals surface area contributed by atoms with E-state index in [0.29, 0.717) is 0 Å². The first-order valence-corrected chi connectivity index (χ1v) is 11.7. The highest BCUT2D eigenvalue weighted by Gasteiger charge is 2.37. The first-order valence-electron chi connectivity index (χ1n) is 5.51. The molecule has 7 heteroatoms. The van der Waals surface area contributed by atoms with E-state index >= 15 is 0 Å². The van der Waals surface area contributed by atoms with Gasteiger partial charge in [0.15, 0.2) is 8.32 Å². The lowest BCUT2D eigenvalue weighted by molar-refractivity contribution is -0.140. The van der Waals surface area contributed by atoms with Crippen molar-refractivity contribution in [2.24, 2.45) is 0 Å². The minimum atomic E-state index is -2.33. The van der Waals surface area contributed by atoms with Crippen LogP contribution < -0.4 is 0 Å². The molecule has 0 aromatic carbocycles. The third-order valence-electron chi connectivity index (χ3n) is 1.71. The molecule has 0 aromatic rings. The van der Waals surface area contributed by atoms with Crippen LogP contribution in [0.25, 0.3) is 0 Å². The van der Waals surface area contributed by atoms with Crippen LogP contribution in [0, 0.1) is 0 Å². The average Bonchev–Trinajstić information content (AvgIpc) is 2.09. The lowest BCUT2D eigenvalue weighted by atomic mass is 10.8. The van der Waals surface area contributed by atoms with Crippen LogP contribution in [0.5, 0.6) is 0 Å². The predicted molar refractivity (Wildman–Crippen MR) is 69.3 cm³/mol. The normalized spacial score (nSPS) is 12.1. The summed E-state index contributed by atoms with van der Waals surface area (Å²) in [5.41, 5.74) is 0. The van der Waals surface area contributed by atoms with Crippen molar-refractivity contribution < 1.29 is 23.2 Å². The molecule has 5 nitrogen and oxygen atoms in total. The Morgan fingerprint density at radius 3 is 1.47 bits per heavy atom. The topological polar surface area (TPSA) is 61.8 Å². The minimum Gasteiger partial charge on any atom is -0.467 e. The van der Waals surface area contributed by atoms with E-state index in [1.807, 2.05) is 6.55 Å². The second-order valence-electron chi connectivity index (χ2n) is 5.22. The van der Waals surface area contributed by atoms with Crippen LogP contribution in [-0.4, -0.2) is 41.0 Å². The summed E-state index contributed by atoms with van der Waals surface area (Å²) in [4.78, 5) is 21.7. The average molecular weight is 278 g/mol. The number of esters is 2. The summed E-state index contributed by atoms with van der Waals surface area (Å²) in [5, 5.41) is 0. The van der Waals surface area contributed by atoms with Crippen LogP contribution in [0.15, 0.2) is 0 Å². The molecule has 0 saturated carbocycles. The first-order chi connectivity index (χ1) is 7.54. The number of carbonyl (C=O) groups excluding carboxylic acids is 2. The molecule has 0 atom stereocenters. The molecular formula is C10H22O5Si2. The molecule has 0 aliphatic carbocycles. The van der Waals surface area contributed by atoms with Gasteiger partial charge in [-0.25, -0.2) is 0 Å². The Balaban J connectivity index is 4.55. The van der Waals surface area contributed by atoms with E-state index in [0.717, 1.165) is 0 Å². The van der Waals surface area contributed by atoms with Gasteiger partial charge in [0.1, 0.15) is 12.5 Å². The highest BCUT2D eigenvalue weighted by Crippen LogP contribution is 2.15. The molecule has 100 valence electrons. The Morgan fingerprint density at radius 2 is 1.24 bits per heavy atom. The van der Waals surface area contributed by atoms with Gasteiger partial charge in [0.05, 0.1) is 0 Å². The zero-order chi connectivity index (χ0) is 13.7. The second-order valence-corrected chi connectivity index (χ2v) is 13.7. The van der Waals surface area contributed by atoms with Crippen molar-refractivity contribution in [3.63, 3.8) is 0 Å². The fraction of sp³-hybridized carbons (Fsp3) is 0.800. The molecule has 0 bridgehead atoms. The highest BCUT2D eigenvalue weighted by molar-refractivity contribution is 6.84. The summed E-state index contributed by atoms with van der Waals surface area (Å²) in [5.74, 6) is -0.684. The van der Waals surface area contributed by atoms with Crippen molar-refractivity contribution >= 4 is 28.6 Å². The molecule has 0 aromatic heterocycles. The Morgan fingerprint density at radius 1 is 0.882 bits per heavy atom. The Bertz CT molecular complexity index is 267. The highest BCUT2D eigenvalue weighted by atomic mass is 28.4. The van der Waals surface area contributed by atoms with E-state index in [1.54, 1.807) is 0 Å². The van der Waals surface area contributed by atoms with Crippen molar-refractivity contribution in [2.75, 3.05) is 12.5 Å². The molecule has 0 radical (unpaired) electrons. The van der Waals surface area contributed by atoms with Crippen molar-refractivity contribution in [2.45, 2.75) is 40.0 Å². The second kappa shape index (κ2) is 6.32. The van der Waals surface area contributed by atoms with Gasteiger partial charge < -0.3 is 13.6 Å². The van der Waals surface area contributed by atoms with Gasteiger partial charge in [-0.3, -0.25) is 9.59 Å². The third kappa shape index (κ3) is 9.07. The number of carbonyl (C=O) groups is 2. The summed E-state index contributed by atoms with van der Waals surface area (Å²) in [6.07, 6.45) is 0.444. The Labute approximate surface area is 105 Å². The van der Waals surface area contributed by atoms with E-state index in [1.165, 1.54) is 13.8 Å². The molecule has 0 saturated heterocycles. The molecule has 0 amide bonds. The largest absolute Gasteiger partial charge is 0.467 e. The van der Waals surface area contributed by atoms with E-state index in [-0.39, 0.29) is 24.4 Å². The maximum absolute atomic E-state index is 10.8. The molecule has 0 fully saturated rings. The van der Waals surface area contributed by atoms with E-state index in [4.69, 9.17) is 13.6 Å². The van der Waals surface area contributed by atoms with Crippen molar-refractivity contribution in [3.8, 4) is 0 Å². The van der Waals surface area contributed by atoms with Gasteiger partial charge in [0.25, 0.3) is 8.32 Å². The lowest BCUT2D eigenvalue weighted by Gasteiger charge is -2.33. The van der Waals surface area contributed by atoms with Gasteiger partial charge in [0.2, 0.25) is 0 Å². The summed E-state index contributed by atoms with van der Waals surface area (Å²) < 4.78 is 16.1. The van der Waals surface area contributed by atoms with Crippen molar-refractivity contribution in [1.29, 1.82) is 0 Å². The number of rotatable bonds is 6. The summed E-state index contributed by atoms with van der Waals surface area (Å²) in [7, 11) is -4.09. The van der Waals surface area contributed by atoms with E-state index < -0.39 is 16.6 Å². The van der Waals surface area contributed by atoms with Crippen LogP contribution in [0.3, 0.4) is 0 Å².